The molecular weight excluding hydrogens is 559 g/mol. The molecule has 7 nitrogen and oxygen atoms in total. The lowest BCUT2D eigenvalue weighted by Gasteiger charge is -2.34. The van der Waals surface area contributed by atoms with Gasteiger partial charge in [0.05, 0.1) is 21.4 Å². The minimum absolute atomic E-state index is 0.279. The molecule has 1 fully saturated rings. The minimum atomic E-state index is -0.716. The number of alkyl halides is 1. The smallest absolute Gasteiger partial charge is 0.291 e. The van der Waals surface area contributed by atoms with Crippen molar-refractivity contribution < 1.29 is 9.18 Å². The maximum atomic E-state index is 13.4. The van der Waals surface area contributed by atoms with Crippen molar-refractivity contribution in [1.82, 2.24) is 24.3 Å². The van der Waals surface area contributed by atoms with Crippen molar-refractivity contribution in [2.45, 2.75) is 37.6 Å². The number of likely N-dealkylation sites (tertiary alicyclic amines) is 1. The summed E-state index contributed by atoms with van der Waals surface area (Å²) in [5, 5.41) is 4.58. The molecular formula is C31H34ClFN6OS. The number of H-pyrrole nitrogens is 1. The molecule has 6 rings (SSSR count). The Morgan fingerprint density at radius 3 is 2.66 bits per heavy atom. The number of likely N-dealkylation sites (N-methyl/N-ethyl adjacent to an activating group) is 1. The van der Waals surface area contributed by atoms with Crippen LogP contribution in [-0.4, -0.2) is 69.4 Å². The number of aromatic amines is 1. The third-order valence-electron chi connectivity index (χ3n) is 8.18. The summed E-state index contributed by atoms with van der Waals surface area (Å²) < 4.78 is 15.3. The molecule has 10 heteroatoms. The molecule has 0 aliphatic carbocycles. The topological polar surface area (TPSA) is 69.2 Å². The van der Waals surface area contributed by atoms with Gasteiger partial charge in [0.1, 0.15) is 6.17 Å². The van der Waals surface area contributed by atoms with Gasteiger partial charge in [-0.25, -0.2) is 9.37 Å². The van der Waals surface area contributed by atoms with E-state index in [1.165, 1.54) is 5.56 Å². The quantitative estimate of drug-likeness (QED) is 0.252. The second kappa shape index (κ2) is 11.3. The van der Waals surface area contributed by atoms with Crippen LogP contribution in [0.1, 0.15) is 33.1 Å². The summed E-state index contributed by atoms with van der Waals surface area (Å²) in [5.74, 6) is 0.108. The molecule has 2 N–H and O–H groups in total. The number of imidazole rings is 1. The van der Waals surface area contributed by atoms with Gasteiger partial charge in [-0.2, -0.15) is 0 Å². The van der Waals surface area contributed by atoms with Crippen LogP contribution in [0.15, 0.2) is 47.5 Å². The van der Waals surface area contributed by atoms with Crippen molar-refractivity contribution in [1.29, 1.82) is 0 Å². The zero-order valence-corrected chi connectivity index (χ0v) is 25.3. The highest BCUT2D eigenvalue weighted by Crippen LogP contribution is 2.39. The number of amides is 1. The molecule has 2 aromatic heterocycles. The molecule has 1 amide bonds. The van der Waals surface area contributed by atoms with Crippen molar-refractivity contribution >= 4 is 35.0 Å². The van der Waals surface area contributed by atoms with Gasteiger partial charge in [0.2, 0.25) is 0 Å². The van der Waals surface area contributed by atoms with Gasteiger partial charge in [0.25, 0.3) is 5.91 Å². The lowest BCUT2D eigenvalue weighted by atomic mass is 9.94. The number of nitrogens with zero attached hydrogens (tertiary/aromatic N) is 4. The molecule has 2 aliphatic heterocycles. The van der Waals surface area contributed by atoms with E-state index in [2.05, 4.69) is 63.5 Å². The van der Waals surface area contributed by atoms with Gasteiger partial charge in [-0.05, 0) is 49.1 Å². The number of thioether (sulfide) groups is 1. The van der Waals surface area contributed by atoms with Gasteiger partial charge in [-0.15, -0.1) is 11.8 Å². The predicted molar refractivity (Wildman–Crippen MR) is 165 cm³/mol. The minimum Gasteiger partial charge on any atom is -0.349 e. The van der Waals surface area contributed by atoms with E-state index in [9.17, 15) is 9.18 Å². The third kappa shape index (κ3) is 5.32. The van der Waals surface area contributed by atoms with E-state index in [0.717, 1.165) is 70.4 Å². The first-order chi connectivity index (χ1) is 19.7. The van der Waals surface area contributed by atoms with Crippen LogP contribution in [-0.2, 0) is 26.6 Å². The average molecular weight is 593 g/mol. The van der Waals surface area contributed by atoms with Crippen molar-refractivity contribution in [2.75, 3.05) is 38.3 Å². The monoisotopic (exact) mass is 592 g/mol. The van der Waals surface area contributed by atoms with Crippen LogP contribution in [0, 0.1) is 6.92 Å². The number of nitrogens with one attached hydrogen (secondary N) is 2. The lowest BCUT2D eigenvalue weighted by molar-refractivity contribution is 0.0585. The summed E-state index contributed by atoms with van der Waals surface area (Å²) >= 11 is 8.62. The summed E-state index contributed by atoms with van der Waals surface area (Å²) in [7, 11) is 3.96. The average Bonchev–Trinajstić information content (AvgIpc) is 3.49. The van der Waals surface area contributed by atoms with Gasteiger partial charge in [0, 0.05) is 68.7 Å². The van der Waals surface area contributed by atoms with Gasteiger partial charge >= 0.3 is 0 Å². The van der Waals surface area contributed by atoms with Crippen molar-refractivity contribution in [3.8, 4) is 22.4 Å². The molecule has 1 saturated heterocycles. The van der Waals surface area contributed by atoms with Crippen LogP contribution in [0.25, 0.3) is 22.4 Å². The van der Waals surface area contributed by atoms with E-state index in [-0.39, 0.29) is 5.91 Å². The van der Waals surface area contributed by atoms with E-state index in [4.69, 9.17) is 11.6 Å². The standard InChI is InChI=1S/C31H34ClFN6OS/c1-18-21(7-5-8-22(18)25-13-19(31(36-25)41-4)14-39-15-20(33)16-39)23-9-6-10-24(28(23)32)35-30(40)29-34-26-17-37(2)12-11-27(26)38(29)3/h5-10,13,20,36H,11-12,14-17H2,1-4H3,(H,35,40). The number of rotatable bonds is 7. The Morgan fingerprint density at radius 1 is 1.17 bits per heavy atom. The maximum absolute atomic E-state index is 13.4. The number of halogens is 2. The highest BCUT2D eigenvalue weighted by Gasteiger charge is 2.28. The number of fused-ring (bicyclic) bond motifs is 1. The van der Waals surface area contributed by atoms with Gasteiger partial charge in [-0.1, -0.05) is 41.9 Å². The molecule has 4 heterocycles. The van der Waals surface area contributed by atoms with Crippen LogP contribution in [0.2, 0.25) is 5.02 Å². The number of carbonyl (C=O) groups is 1. The van der Waals surface area contributed by atoms with Crippen molar-refractivity contribution in [3.63, 3.8) is 0 Å². The molecule has 2 aromatic carbocycles. The van der Waals surface area contributed by atoms with Crippen LogP contribution < -0.4 is 5.32 Å². The molecule has 4 aromatic rings. The van der Waals surface area contributed by atoms with Crippen molar-refractivity contribution in [2.24, 2.45) is 7.05 Å². The maximum Gasteiger partial charge on any atom is 0.291 e. The fourth-order valence-corrected chi connectivity index (χ4v) is 6.77. The number of anilines is 1. The SMILES string of the molecule is CSc1[nH]c(-c2cccc(-c3cccc(NC(=O)c4nc5c(n4C)CCN(C)C5)c3Cl)c2C)cc1CN1CC(F)C1. The van der Waals surface area contributed by atoms with Gasteiger partial charge in [-0.3, -0.25) is 9.69 Å². The summed E-state index contributed by atoms with van der Waals surface area (Å²) in [4.78, 5) is 25.9. The highest BCUT2D eigenvalue weighted by molar-refractivity contribution is 7.98. The van der Waals surface area contributed by atoms with E-state index >= 15 is 0 Å². The van der Waals surface area contributed by atoms with Crippen LogP contribution in [0.3, 0.4) is 0 Å². The molecule has 0 saturated carbocycles. The Balaban J connectivity index is 1.28. The summed E-state index contributed by atoms with van der Waals surface area (Å²) in [6.45, 7) is 5.49. The molecule has 0 radical (unpaired) electrons. The normalized spacial score (nSPS) is 16.0. The fraction of sp³-hybridized carbons (Fsp3) is 0.355. The van der Waals surface area contributed by atoms with Crippen molar-refractivity contribution in [3.05, 3.63) is 75.8 Å². The van der Waals surface area contributed by atoms with E-state index in [0.29, 0.717) is 29.6 Å². The number of hydrogen-bond acceptors (Lipinski definition) is 5. The van der Waals surface area contributed by atoms with Crippen LogP contribution >= 0.6 is 23.4 Å². The Bertz CT molecular complexity index is 1620. The third-order valence-corrected chi connectivity index (χ3v) is 9.36. The molecule has 0 bridgehead atoms. The zero-order chi connectivity index (χ0) is 28.8. The number of carbonyl (C=O) groups excluding carboxylic acids is 1. The number of aromatic nitrogens is 3. The summed E-state index contributed by atoms with van der Waals surface area (Å²) in [5.41, 5.74) is 8.78. The van der Waals surface area contributed by atoms with E-state index in [1.807, 2.05) is 35.9 Å². The molecule has 0 spiro atoms. The Kier molecular flexibility index (Phi) is 7.72. The molecule has 214 valence electrons. The summed E-state index contributed by atoms with van der Waals surface area (Å²) in [6, 6.07) is 14.0. The van der Waals surface area contributed by atoms with E-state index < -0.39 is 6.17 Å². The fourth-order valence-electron chi connectivity index (χ4n) is 5.90. The Labute approximate surface area is 249 Å². The predicted octanol–water partition coefficient (Wildman–Crippen LogP) is 6.16. The van der Waals surface area contributed by atoms with Crippen LogP contribution in [0.4, 0.5) is 10.1 Å². The van der Waals surface area contributed by atoms with Gasteiger partial charge < -0.3 is 19.8 Å². The number of hydrogen-bond donors (Lipinski definition) is 2. The highest BCUT2D eigenvalue weighted by atomic mass is 35.5. The first-order valence-corrected chi connectivity index (χ1v) is 15.4. The van der Waals surface area contributed by atoms with Crippen LogP contribution in [0.5, 0.6) is 0 Å². The zero-order valence-electron chi connectivity index (χ0n) is 23.7. The Morgan fingerprint density at radius 2 is 1.90 bits per heavy atom. The molecule has 0 unspecified atom stereocenters. The van der Waals surface area contributed by atoms with Gasteiger partial charge in [0.15, 0.2) is 5.82 Å². The molecule has 0 atom stereocenters. The second-order valence-electron chi connectivity index (χ2n) is 11.0. The Hall–Kier alpha value is -3.11. The second-order valence-corrected chi connectivity index (χ2v) is 12.2. The molecule has 41 heavy (non-hydrogen) atoms. The first-order valence-electron chi connectivity index (χ1n) is 13.8. The lowest BCUT2D eigenvalue weighted by Crippen LogP contribution is -2.47. The largest absolute Gasteiger partial charge is 0.349 e. The molecule has 2 aliphatic rings. The van der Waals surface area contributed by atoms with E-state index in [1.54, 1.807) is 11.8 Å². The number of benzene rings is 2. The first kappa shape index (κ1) is 28.0. The summed E-state index contributed by atoms with van der Waals surface area (Å²) in [6.07, 6.45) is 2.20.